The highest BCUT2D eigenvalue weighted by atomic mass is 16.6. The number of para-hydroxylation sites is 1. The van der Waals surface area contributed by atoms with Crippen molar-refractivity contribution in [2.45, 2.75) is 32.9 Å². The smallest absolute Gasteiger partial charge is 0.411 e. The van der Waals surface area contributed by atoms with Crippen molar-refractivity contribution in [2.24, 2.45) is 0 Å². The zero-order chi connectivity index (χ0) is 16.0. The zero-order valence-corrected chi connectivity index (χ0v) is 12.9. The second-order valence-corrected chi connectivity index (χ2v) is 5.61. The second kappa shape index (κ2) is 6.97. The van der Waals surface area contributed by atoms with Crippen LogP contribution in [0.3, 0.4) is 0 Å². The van der Waals surface area contributed by atoms with Crippen LogP contribution in [0.25, 0.3) is 0 Å². The number of hydrogen-bond donors (Lipinski definition) is 1. The molecule has 21 heavy (non-hydrogen) atoms. The van der Waals surface area contributed by atoms with E-state index in [0.29, 0.717) is 5.69 Å². The van der Waals surface area contributed by atoms with Gasteiger partial charge in [-0.2, -0.15) is 0 Å². The first kappa shape index (κ1) is 16.8. The van der Waals surface area contributed by atoms with Gasteiger partial charge in [-0.1, -0.05) is 18.2 Å². The zero-order valence-electron chi connectivity index (χ0n) is 12.9. The number of carbonyl (C=O) groups excluding carboxylic acids is 2. The van der Waals surface area contributed by atoms with Crippen LogP contribution in [0.4, 0.5) is 10.5 Å². The van der Waals surface area contributed by atoms with E-state index in [0.717, 1.165) is 5.56 Å². The van der Waals surface area contributed by atoms with Gasteiger partial charge in [0.1, 0.15) is 12.1 Å². The van der Waals surface area contributed by atoms with Crippen LogP contribution in [0.5, 0.6) is 0 Å². The number of ether oxygens (including phenoxy) is 2. The maximum atomic E-state index is 12.2. The molecule has 1 amide bonds. The highest BCUT2D eigenvalue weighted by Gasteiger charge is 2.24. The van der Waals surface area contributed by atoms with Gasteiger partial charge in [-0.05, 0) is 32.4 Å². The van der Waals surface area contributed by atoms with Gasteiger partial charge in [0.25, 0.3) is 0 Å². The minimum Gasteiger partial charge on any atom is -0.468 e. The monoisotopic (exact) mass is 294 g/mol. The van der Waals surface area contributed by atoms with Crippen LogP contribution >= 0.6 is 0 Å². The summed E-state index contributed by atoms with van der Waals surface area (Å²) in [6.07, 6.45) is -0.587. The minimum atomic E-state index is -0.645. The van der Waals surface area contributed by atoms with Crippen molar-refractivity contribution >= 4 is 17.7 Å². The molecule has 2 N–H and O–H groups in total. The summed E-state index contributed by atoms with van der Waals surface area (Å²) in [6.45, 7) is 5.27. The van der Waals surface area contributed by atoms with Crippen molar-refractivity contribution in [1.82, 2.24) is 4.90 Å². The van der Waals surface area contributed by atoms with Crippen molar-refractivity contribution in [2.75, 3.05) is 19.4 Å². The van der Waals surface area contributed by atoms with Crippen molar-refractivity contribution in [3.63, 3.8) is 0 Å². The summed E-state index contributed by atoms with van der Waals surface area (Å²) < 4.78 is 9.91. The van der Waals surface area contributed by atoms with E-state index in [9.17, 15) is 9.59 Å². The largest absolute Gasteiger partial charge is 0.468 e. The number of nitrogens with zero attached hydrogens (tertiary/aromatic N) is 1. The van der Waals surface area contributed by atoms with E-state index < -0.39 is 17.7 Å². The van der Waals surface area contributed by atoms with Gasteiger partial charge in [-0.3, -0.25) is 9.69 Å². The molecule has 0 aliphatic carbocycles. The molecule has 6 nitrogen and oxygen atoms in total. The van der Waals surface area contributed by atoms with E-state index in [4.69, 9.17) is 10.5 Å². The third kappa shape index (κ3) is 5.72. The number of methoxy groups -OCH3 is 1. The Labute approximate surface area is 124 Å². The van der Waals surface area contributed by atoms with Gasteiger partial charge in [0.05, 0.1) is 13.7 Å². The van der Waals surface area contributed by atoms with Gasteiger partial charge in [-0.15, -0.1) is 0 Å². The van der Waals surface area contributed by atoms with E-state index in [1.807, 2.05) is 6.07 Å². The summed E-state index contributed by atoms with van der Waals surface area (Å²) in [5.41, 5.74) is 6.51. The van der Waals surface area contributed by atoms with Crippen molar-refractivity contribution in [3.8, 4) is 0 Å². The van der Waals surface area contributed by atoms with Gasteiger partial charge in [0, 0.05) is 5.69 Å². The Bertz CT molecular complexity index is 509. The van der Waals surface area contributed by atoms with Crippen molar-refractivity contribution in [1.29, 1.82) is 0 Å². The highest BCUT2D eigenvalue weighted by Crippen LogP contribution is 2.16. The Hall–Kier alpha value is -2.24. The molecule has 0 radical (unpaired) electrons. The molecule has 1 aromatic rings. The molecule has 6 heteroatoms. The highest BCUT2D eigenvalue weighted by molar-refractivity contribution is 5.78. The van der Waals surface area contributed by atoms with Crippen LogP contribution in [0, 0.1) is 0 Å². The predicted molar refractivity (Wildman–Crippen MR) is 79.5 cm³/mol. The van der Waals surface area contributed by atoms with Crippen molar-refractivity contribution in [3.05, 3.63) is 29.8 Å². The molecule has 0 saturated heterocycles. The Balaban J connectivity index is 2.89. The Morgan fingerprint density at radius 3 is 2.38 bits per heavy atom. The fraction of sp³-hybridized carbons (Fsp3) is 0.467. The Kier molecular flexibility index (Phi) is 5.58. The lowest BCUT2D eigenvalue weighted by molar-refractivity contribution is -0.142. The molecule has 0 unspecified atom stereocenters. The second-order valence-electron chi connectivity index (χ2n) is 5.61. The number of nitrogens with two attached hydrogens (primary N) is 1. The molecule has 0 aliphatic heterocycles. The molecular formula is C15H22N2O4. The lowest BCUT2D eigenvalue weighted by Crippen LogP contribution is -2.39. The van der Waals surface area contributed by atoms with E-state index >= 15 is 0 Å². The summed E-state index contributed by atoms with van der Waals surface area (Å²) in [5, 5.41) is 0. The molecule has 1 aromatic carbocycles. The number of nitrogen functional groups attached to an aromatic ring is 1. The van der Waals surface area contributed by atoms with Gasteiger partial charge in [0.15, 0.2) is 0 Å². The number of anilines is 1. The fourth-order valence-electron chi connectivity index (χ4n) is 1.62. The third-order valence-corrected chi connectivity index (χ3v) is 2.62. The predicted octanol–water partition coefficient (Wildman–Crippen LogP) is 2.18. The average Bonchev–Trinajstić information content (AvgIpc) is 2.38. The number of carbonyl (C=O) groups is 2. The van der Waals surface area contributed by atoms with Crippen LogP contribution in [0.2, 0.25) is 0 Å². The summed E-state index contributed by atoms with van der Waals surface area (Å²) in [5.74, 6) is -0.518. The van der Waals surface area contributed by atoms with Crippen LogP contribution in [0.15, 0.2) is 24.3 Å². The summed E-state index contributed by atoms with van der Waals surface area (Å²) >= 11 is 0. The van der Waals surface area contributed by atoms with Gasteiger partial charge in [0.2, 0.25) is 0 Å². The minimum absolute atomic E-state index is 0.177. The molecule has 0 aliphatic rings. The molecule has 116 valence electrons. The molecule has 1 rings (SSSR count). The third-order valence-electron chi connectivity index (χ3n) is 2.62. The lowest BCUT2D eigenvalue weighted by atomic mass is 10.1. The molecule has 0 atom stereocenters. The first-order chi connectivity index (χ1) is 9.73. The molecule has 0 aromatic heterocycles. The fourth-order valence-corrected chi connectivity index (χ4v) is 1.62. The standard InChI is InChI=1S/C15H22N2O4/c1-15(2,3)21-14(19)17(10-13(18)20-4)9-11-7-5-6-8-12(11)16/h5-8H,9-10,16H2,1-4H3. The van der Waals surface area contributed by atoms with E-state index in [1.54, 1.807) is 39.0 Å². The Morgan fingerprint density at radius 2 is 1.86 bits per heavy atom. The molecule has 0 heterocycles. The van der Waals surface area contributed by atoms with E-state index in [2.05, 4.69) is 4.74 Å². The molecule has 0 spiro atoms. The van der Waals surface area contributed by atoms with Crippen LogP contribution < -0.4 is 5.73 Å². The van der Waals surface area contributed by atoms with Crippen LogP contribution in [-0.2, 0) is 20.8 Å². The summed E-state index contributed by atoms with van der Waals surface area (Å²) in [4.78, 5) is 24.9. The van der Waals surface area contributed by atoms with Crippen molar-refractivity contribution < 1.29 is 19.1 Å². The first-order valence-corrected chi connectivity index (χ1v) is 6.61. The number of hydrogen-bond acceptors (Lipinski definition) is 5. The molecule has 0 bridgehead atoms. The van der Waals surface area contributed by atoms with Crippen LogP contribution in [-0.4, -0.2) is 36.2 Å². The lowest BCUT2D eigenvalue weighted by Gasteiger charge is -2.27. The van der Waals surface area contributed by atoms with Gasteiger partial charge >= 0.3 is 12.1 Å². The topological polar surface area (TPSA) is 81.9 Å². The maximum absolute atomic E-state index is 12.2. The van der Waals surface area contributed by atoms with Crippen LogP contribution in [0.1, 0.15) is 26.3 Å². The Morgan fingerprint density at radius 1 is 1.24 bits per heavy atom. The first-order valence-electron chi connectivity index (χ1n) is 6.61. The SMILES string of the molecule is COC(=O)CN(Cc1ccccc1N)C(=O)OC(C)(C)C. The number of rotatable bonds is 4. The van der Waals surface area contributed by atoms with E-state index in [-0.39, 0.29) is 13.1 Å². The number of amides is 1. The summed E-state index contributed by atoms with van der Waals surface area (Å²) in [7, 11) is 1.27. The normalized spacial score (nSPS) is 10.9. The molecule has 0 fully saturated rings. The number of benzene rings is 1. The number of esters is 1. The van der Waals surface area contributed by atoms with Gasteiger partial charge in [-0.25, -0.2) is 4.79 Å². The average molecular weight is 294 g/mol. The molecular weight excluding hydrogens is 272 g/mol. The maximum Gasteiger partial charge on any atom is 0.411 e. The molecule has 0 saturated carbocycles. The quantitative estimate of drug-likeness (QED) is 0.680. The van der Waals surface area contributed by atoms with E-state index in [1.165, 1.54) is 12.0 Å². The summed E-state index contributed by atoms with van der Waals surface area (Å²) in [6, 6.07) is 7.15. The van der Waals surface area contributed by atoms with Gasteiger partial charge < -0.3 is 15.2 Å².